The van der Waals surface area contributed by atoms with Gasteiger partial charge in [-0.1, -0.05) is 62.8 Å². The number of ether oxygens (including phenoxy) is 2. The molecule has 9 rings (SSSR count). The molecule has 9 aliphatic carbocycles. The van der Waals surface area contributed by atoms with Crippen molar-refractivity contribution in [1.82, 2.24) is 0 Å². The molecule has 0 aromatic heterocycles. The van der Waals surface area contributed by atoms with E-state index in [1.54, 1.807) is 47.6 Å². The maximum Gasteiger partial charge on any atom is 0.307 e. The number of carbonyl (C=O) groups excluding carboxylic acids is 7. The lowest BCUT2D eigenvalue weighted by Gasteiger charge is -2.38. The Hall–Kier alpha value is -5.47. The number of Topliss-reactive ketones (excluding diaryl/α,β-unsaturated/α-hetero) is 2. The molecule has 2 fully saturated rings. The first-order valence-electron chi connectivity index (χ1n) is 22.3. The van der Waals surface area contributed by atoms with E-state index in [9.17, 15) is 43.8 Å². The van der Waals surface area contributed by atoms with Crippen LogP contribution in [0.5, 0.6) is 0 Å². The van der Waals surface area contributed by atoms with Gasteiger partial charge in [-0.2, -0.15) is 0 Å². The van der Waals surface area contributed by atoms with Crippen LogP contribution in [0.4, 0.5) is 0 Å². The minimum Gasteiger partial charge on any atom is -0.458 e. The lowest BCUT2D eigenvalue weighted by Crippen LogP contribution is -2.49. The summed E-state index contributed by atoms with van der Waals surface area (Å²) < 4.78 is 9.26. The minimum atomic E-state index is -1.20. The van der Waals surface area contributed by atoms with Gasteiger partial charge in [-0.05, 0) is 133 Å². The molecule has 0 saturated heterocycles. The van der Waals surface area contributed by atoms with Crippen molar-refractivity contribution in [2.45, 2.75) is 138 Å². The third-order valence-corrected chi connectivity index (χ3v) is 13.9. The van der Waals surface area contributed by atoms with E-state index in [4.69, 9.17) is 14.9 Å². The molecule has 8 atom stereocenters. The fourth-order valence-corrected chi connectivity index (χ4v) is 9.09. The zero-order chi connectivity index (χ0) is 50.0. The molecule has 2 saturated carbocycles. The summed E-state index contributed by atoms with van der Waals surface area (Å²) in [5.74, 6) is -0.978. The van der Waals surface area contributed by atoms with Crippen molar-refractivity contribution < 1.29 is 63.5 Å². The quantitative estimate of drug-likeness (QED) is 0.169. The van der Waals surface area contributed by atoms with E-state index in [1.165, 1.54) is 55.4 Å². The number of carbonyl (C=O) groups is 7. The lowest BCUT2D eigenvalue weighted by atomic mass is 9.68. The van der Waals surface area contributed by atoms with E-state index in [0.717, 1.165) is 48.0 Å². The smallest absolute Gasteiger partial charge is 0.307 e. The summed E-state index contributed by atoms with van der Waals surface area (Å²) in [6, 6.07) is 0. The molecule has 66 heavy (non-hydrogen) atoms. The fraction of sp³-hybridized carbons (Fsp3) is 0.491. The Balaban J connectivity index is 0.000000179. The highest BCUT2D eigenvalue weighted by atomic mass is 16.5. The molecular weight excluding hydrogens is 845 g/mol. The largest absolute Gasteiger partial charge is 0.458 e. The fourth-order valence-electron chi connectivity index (χ4n) is 9.09. The number of esters is 2. The Morgan fingerprint density at radius 3 is 1.15 bits per heavy atom. The van der Waals surface area contributed by atoms with Crippen LogP contribution in [0.3, 0.4) is 0 Å². The standard InChI is InChI=1S/2C14H16O2.C8H10O3.2C6H8O2.C5H8O2/c2*1-8-6-10-9(2)14(4-5-14)13(3,16)12(15)11(10)7-8;1-5-7(10)3-4-8(5)11-6(2)9;2*1-4-5(7)2-3-6(4)8;1-4(2)7-5(3)6/h2*6-7,16H,4-5H2,1-3H3;3-5,8H,1-2H3;2*2-5,7H,1H3;1H2,2-3H3/t2*13-;5-,8-;2*4-,5+;/m10000./s1. The third-order valence-electron chi connectivity index (χ3n) is 13.9. The van der Waals surface area contributed by atoms with Gasteiger partial charge in [0.05, 0.1) is 23.9 Å². The van der Waals surface area contributed by atoms with Crippen LogP contribution < -0.4 is 0 Å². The molecule has 4 N–H and O–H groups in total. The second kappa shape index (κ2) is 20.2. The number of aliphatic hydroxyl groups excluding tert-OH is 2. The summed E-state index contributed by atoms with van der Waals surface area (Å²) in [4.78, 5) is 77.0. The molecular formula is C53H66O13. The molecule has 0 unspecified atom stereocenters. The Morgan fingerprint density at radius 2 is 0.939 bits per heavy atom. The van der Waals surface area contributed by atoms with Gasteiger partial charge in [0.2, 0.25) is 0 Å². The van der Waals surface area contributed by atoms with E-state index in [-0.39, 0.29) is 75.5 Å². The molecule has 9 aliphatic rings. The van der Waals surface area contributed by atoms with Crippen LogP contribution in [-0.4, -0.2) is 90.8 Å². The molecule has 2 spiro atoms. The van der Waals surface area contributed by atoms with Gasteiger partial charge in [-0.25, -0.2) is 0 Å². The van der Waals surface area contributed by atoms with Gasteiger partial charge < -0.3 is 29.9 Å². The van der Waals surface area contributed by atoms with Crippen molar-refractivity contribution in [2.24, 2.45) is 28.6 Å². The van der Waals surface area contributed by atoms with Crippen LogP contribution >= 0.6 is 0 Å². The predicted octanol–water partition coefficient (Wildman–Crippen LogP) is 6.63. The Bertz CT molecular complexity index is 2230. The summed E-state index contributed by atoms with van der Waals surface area (Å²) in [6.07, 6.45) is 19.2. The van der Waals surface area contributed by atoms with Gasteiger partial charge >= 0.3 is 11.9 Å². The highest BCUT2D eigenvalue weighted by molar-refractivity contribution is 6.11. The summed E-state index contributed by atoms with van der Waals surface area (Å²) in [5, 5.41) is 38.7. The highest BCUT2D eigenvalue weighted by Gasteiger charge is 2.65. The number of hydrogen-bond acceptors (Lipinski definition) is 13. The van der Waals surface area contributed by atoms with Crippen molar-refractivity contribution in [2.75, 3.05) is 0 Å². The van der Waals surface area contributed by atoms with Crippen LogP contribution in [0.2, 0.25) is 0 Å². The van der Waals surface area contributed by atoms with Crippen LogP contribution in [0.1, 0.15) is 109 Å². The normalized spacial score (nSPS) is 31.5. The molecule has 13 nitrogen and oxygen atoms in total. The monoisotopic (exact) mass is 910 g/mol. The summed E-state index contributed by atoms with van der Waals surface area (Å²) in [7, 11) is 0. The van der Waals surface area contributed by atoms with Gasteiger partial charge in [0, 0.05) is 47.7 Å². The van der Waals surface area contributed by atoms with Crippen LogP contribution in [0, 0.1) is 28.6 Å². The predicted molar refractivity (Wildman–Crippen MR) is 248 cm³/mol. The lowest BCUT2D eigenvalue weighted by molar-refractivity contribution is -0.146. The van der Waals surface area contributed by atoms with E-state index in [0.29, 0.717) is 16.9 Å². The molecule has 13 heteroatoms. The topological polar surface area (TPSA) is 219 Å². The van der Waals surface area contributed by atoms with Crippen LogP contribution in [0.25, 0.3) is 0 Å². The van der Waals surface area contributed by atoms with Gasteiger partial charge in [-0.15, -0.1) is 0 Å². The van der Waals surface area contributed by atoms with Gasteiger partial charge in [0.25, 0.3) is 0 Å². The molecule has 0 radical (unpaired) electrons. The first-order chi connectivity index (χ1) is 30.5. The molecule has 0 heterocycles. The van der Waals surface area contributed by atoms with E-state index in [2.05, 4.69) is 37.3 Å². The maximum absolute atomic E-state index is 12.3. The van der Waals surface area contributed by atoms with E-state index >= 15 is 0 Å². The van der Waals surface area contributed by atoms with Crippen molar-refractivity contribution in [3.8, 4) is 0 Å². The molecule has 0 amide bonds. The molecule has 0 aromatic carbocycles. The van der Waals surface area contributed by atoms with Crippen molar-refractivity contribution in [3.05, 3.63) is 118 Å². The van der Waals surface area contributed by atoms with Crippen LogP contribution in [0.15, 0.2) is 118 Å². The van der Waals surface area contributed by atoms with E-state index in [1.807, 2.05) is 26.0 Å². The molecule has 0 aromatic rings. The zero-order valence-electron chi connectivity index (χ0n) is 40.2. The Labute approximate surface area is 387 Å². The number of rotatable bonds is 2. The van der Waals surface area contributed by atoms with Crippen molar-refractivity contribution >= 4 is 40.9 Å². The van der Waals surface area contributed by atoms with Crippen LogP contribution in [-0.2, 0) is 43.0 Å². The minimum absolute atomic E-state index is 0.0243. The van der Waals surface area contributed by atoms with Crippen molar-refractivity contribution in [1.29, 1.82) is 0 Å². The number of aliphatic hydroxyl groups is 4. The maximum atomic E-state index is 12.3. The summed E-state index contributed by atoms with van der Waals surface area (Å²) >= 11 is 0. The third kappa shape index (κ3) is 10.9. The molecule has 0 bridgehead atoms. The summed E-state index contributed by atoms with van der Waals surface area (Å²) in [5.41, 5.74) is 5.19. The van der Waals surface area contributed by atoms with E-state index < -0.39 is 23.4 Å². The Morgan fingerprint density at radius 1 is 0.591 bits per heavy atom. The first kappa shape index (κ1) is 53.1. The molecule has 356 valence electrons. The van der Waals surface area contributed by atoms with Crippen molar-refractivity contribution in [3.63, 3.8) is 0 Å². The number of hydrogen-bond donors (Lipinski definition) is 4. The SMILES string of the molecule is C=C(C)OC(C)=O.CC(=O)O[C@H]1C=CC(=O)[C@@H]1C.CC1=CC2=C(C)C3(CC3)[C@@](C)(O)C(=O)C2=C1.CC1=CC2=C(C)C3(CC3)[C@](C)(O)C(=O)C2=C1.C[C@@H]1C(=O)C=C[C@H]1O.C[C@@H]1C(=O)C=C[C@H]1O. The number of allylic oxidation sites excluding steroid dienone is 12. The number of ketones is 5. The summed E-state index contributed by atoms with van der Waals surface area (Å²) in [6.45, 7) is 24.3. The highest BCUT2D eigenvalue weighted by Crippen LogP contribution is 2.65. The Kier molecular flexibility index (Phi) is 16.2. The average molecular weight is 911 g/mol. The zero-order valence-corrected chi connectivity index (χ0v) is 40.2. The van der Waals surface area contributed by atoms with Gasteiger partial charge in [0.15, 0.2) is 28.9 Å². The van der Waals surface area contributed by atoms with Gasteiger partial charge in [-0.3, -0.25) is 33.6 Å². The first-order valence-corrected chi connectivity index (χ1v) is 22.3. The second-order valence-electron chi connectivity index (χ2n) is 18.9. The number of fused-ring (bicyclic) bond motifs is 2. The second-order valence-corrected chi connectivity index (χ2v) is 18.9. The average Bonchev–Trinajstić information content (AvgIpc) is 4.07. The van der Waals surface area contributed by atoms with Gasteiger partial charge in [0.1, 0.15) is 17.3 Å². The molecule has 0 aliphatic heterocycles.